The predicted molar refractivity (Wildman–Crippen MR) is 118 cm³/mol. The van der Waals surface area contributed by atoms with Crippen molar-refractivity contribution in [3.05, 3.63) is 89.7 Å². The van der Waals surface area contributed by atoms with E-state index in [1.54, 1.807) is 7.11 Å². The van der Waals surface area contributed by atoms with Crippen molar-refractivity contribution in [3.8, 4) is 11.5 Å². The van der Waals surface area contributed by atoms with Crippen LogP contribution in [0.3, 0.4) is 0 Å². The maximum absolute atomic E-state index is 6.38. The molecule has 1 aliphatic carbocycles. The van der Waals surface area contributed by atoms with E-state index in [9.17, 15) is 0 Å². The van der Waals surface area contributed by atoms with Gasteiger partial charge in [0.15, 0.2) is 11.5 Å². The van der Waals surface area contributed by atoms with E-state index in [0.717, 1.165) is 41.2 Å². The maximum atomic E-state index is 6.38. The average Bonchev–Trinajstić information content (AvgIpc) is 3.31. The molecule has 4 nitrogen and oxygen atoms in total. The molecule has 3 aromatic rings. The number of pyridine rings is 1. The molecule has 156 valence electrons. The highest BCUT2D eigenvalue weighted by Gasteiger charge is 2.21. The Bertz CT molecular complexity index is 908. The lowest BCUT2D eigenvalue weighted by Gasteiger charge is -2.21. The molecular formula is C26H29NO3. The Morgan fingerprint density at radius 2 is 1.73 bits per heavy atom. The number of benzene rings is 2. The van der Waals surface area contributed by atoms with Crippen molar-refractivity contribution >= 4 is 0 Å². The van der Waals surface area contributed by atoms with Crippen LogP contribution in [0.1, 0.15) is 48.6 Å². The molecule has 0 spiro atoms. The molecule has 1 saturated carbocycles. The quantitative estimate of drug-likeness (QED) is 0.445. The van der Waals surface area contributed by atoms with E-state index >= 15 is 0 Å². The largest absolute Gasteiger partial charge is 0.493 e. The summed E-state index contributed by atoms with van der Waals surface area (Å²) in [4.78, 5) is 4.50. The molecule has 0 aliphatic heterocycles. The van der Waals surface area contributed by atoms with Gasteiger partial charge in [0.1, 0.15) is 0 Å². The first-order chi connectivity index (χ1) is 14.8. The standard InChI is InChI=1S/C26H29NO3/c1-28-24-15-14-21(17-26(24)30-23-12-5-6-13-23)25(18-22-11-7-8-16-27-22)29-19-20-9-3-2-4-10-20/h2-4,7-11,14-17,23,25H,5-6,12-13,18-19H2,1H3. The first-order valence-electron chi connectivity index (χ1n) is 10.7. The fourth-order valence-corrected chi connectivity index (χ4v) is 3.92. The fourth-order valence-electron chi connectivity index (χ4n) is 3.92. The van der Waals surface area contributed by atoms with Gasteiger partial charge in [-0.25, -0.2) is 0 Å². The molecule has 0 amide bonds. The third-order valence-electron chi connectivity index (χ3n) is 5.57. The Balaban J connectivity index is 1.57. The summed E-state index contributed by atoms with van der Waals surface area (Å²) in [5, 5.41) is 0. The fraction of sp³-hybridized carbons (Fsp3) is 0.346. The summed E-state index contributed by atoms with van der Waals surface area (Å²) in [5.74, 6) is 1.57. The third kappa shape index (κ3) is 5.39. The molecular weight excluding hydrogens is 374 g/mol. The van der Waals surface area contributed by atoms with Crippen LogP contribution in [-0.4, -0.2) is 18.2 Å². The average molecular weight is 404 g/mol. The van der Waals surface area contributed by atoms with E-state index in [4.69, 9.17) is 14.2 Å². The van der Waals surface area contributed by atoms with Gasteiger partial charge in [-0.2, -0.15) is 0 Å². The molecule has 0 N–H and O–H groups in total. The van der Waals surface area contributed by atoms with Crippen LogP contribution >= 0.6 is 0 Å². The van der Waals surface area contributed by atoms with Gasteiger partial charge in [-0.05, 0) is 61.1 Å². The Hall–Kier alpha value is -2.85. The van der Waals surface area contributed by atoms with Crippen LogP contribution < -0.4 is 9.47 Å². The first-order valence-corrected chi connectivity index (χ1v) is 10.7. The second kappa shape index (κ2) is 10.3. The van der Waals surface area contributed by atoms with Crippen molar-refractivity contribution < 1.29 is 14.2 Å². The zero-order chi connectivity index (χ0) is 20.6. The third-order valence-corrected chi connectivity index (χ3v) is 5.57. The Morgan fingerprint density at radius 1 is 0.933 bits per heavy atom. The molecule has 1 heterocycles. The van der Waals surface area contributed by atoms with Crippen molar-refractivity contribution in [1.82, 2.24) is 4.98 Å². The van der Waals surface area contributed by atoms with Gasteiger partial charge in [0.05, 0.1) is 25.9 Å². The number of hydrogen-bond donors (Lipinski definition) is 0. The molecule has 30 heavy (non-hydrogen) atoms. The van der Waals surface area contributed by atoms with Gasteiger partial charge in [-0.3, -0.25) is 4.98 Å². The number of aromatic nitrogens is 1. The lowest BCUT2D eigenvalue weighted by molar-refractivity contribution is 0.0390. The number of hydrogen-bond acceptors (Lipinski definition) is 4. The zero-order valence-electron chi connectivity index (χ0n) is 17.5. The normalized spacial score (nSPS) is 15.1. The van der Waals surface area contributed by atoms with E-state index in [2.05, 4.69) is 29.2 Å². The Labute approximate surface area is 178 Å². The van der Waals surface area contributed by atoms with Crippen molar-refractivity contribution in [2.24, 2.45) is 0 Å². The van der Waals surface area contributed by atoms with E-state index in [1.807, 2.05) is 48.7 Å². The monoisotopic (exact) mass is 403 g/mol. The molecule has 4 rings (SSSR count). The highest BCUT2D eigenvalue weighted by atomic mass is 16.5. The summed E-state index contributed by atoms with van der Waals surface area (Å²) in [6.45, 7) is 0.545. The highest BCUT2D eigenvalue weighted by Crippen LogP contribution is 2.35. The summed E-state index contributed by atoms with van der Waals surface area (Å²) < 4.78 is 18.2. The van der Waals surface area contributed by atoms with Gasteiger partial charge in [-0.15, -0.1) is 0 Å². The van der Waals surface area contributed by atoms with Crippen molar-refractivity contribution in [2.75, 3.05) is 7.11 Å². The van der Waals surface area contributed by atoms with Gasteiger partial charge in [0.2, 0.25) is 0 Å². The van der Waals surface area contributed by atoms with Crippen molar-refractivity contribution in [3.63, 3.8) is 0 Å². The predicted octanol–water partition coefficient (Wildman–Crippen LogP) is 5.91. The van der Waals surface area contributed by atoms with Gasteiger partial charge in [0.25, 0.3) is 0 Å². The summed E-state index contributed by atoms with van der Waals surface area (Å²) in [7, 11) is 1.69. The van der Waals surface area contributed by atoms with E-state index < -0.39 is 0 Å². The van der Waals surface area contributed by atoms with Crippen molar-refractivity contribution in [2.45, 2.75) is 50.9 Å². The topological polar surface area (TPSA) is 40.6 Å². The molecule has 0 saturated heterocycles. The molecule has 1 fully saturated rings. The number of nitrogens with zero attached hydrogens (tertiary/aromatic N) is 1. The Morgan fingerprint density at radius 3 is 2.47 bits per heavy atom. The van der Waals surface area contributed by atoms with Gasteiger partial charge < -0.3 is 14.2 Å². The molecule has 0 radical (unpaired) electrons. The van der Waals surface area contributed by atoms with Crippen LogP contribution in [0.15, 0.2) is 72.9 Å². The van der Waals surface area contributed by atoms with Crippen molar-refractivity contribution in [1.29, 1.82) is 0 Å². The van der Waals surface area contributed by atoms with Gasteiger partial charge >= 0.3 is 0 Å². The summed E-state index contributed by atoms with van der Waals surface area (Å²) in [5.41, 5.74) is 3.23. The minimum absolute atomic E-state index is 0.128. The maximum Gasteiger partial charge on any atom is 0.161 e. The lowest BCUT2D eigenvalue weighted by Crippen LogP contribution is -2.13. The second-order valence-electron chi connectivity index (χ2n) is 7.75. The van der Waals surface area contributed by atoms with Crippen LogP contribution in [0, 0.1) is 0 Å². The summed E-state index contributed by atoms with van der Waals surface area (Å²) in [6.07, 6.45) is 7.34. The van der Waals surface area contributed by atoms with Crippen LogP contribution in [0.25, 0.3) is 0 Å². The van der Waals surface area contributed by atoms with Gasteiger partial charge in [0, 0.05) is 18.3 Å². The van der Waals surface area contributed by atoms with E-state index in [-0.39, 0.29) is 12.2 Å². The minimum atomic E-state index is -0.128. The molecule has 1 aromatic heterocycles. The van der Waals surface area contributed by atoms with Crippen LogP contribution in [-0.2, 0) is 17.8 Å². The Kier molecular flexibility index (Phi) is 6.99. The SMILES string of the molecule is COc1ccc(C(Cc2ccccn2)OCc2ccccc2)cc1OC1CCCC1. The summed E-state index contributed by atoms with van der Waals surface area (Å²) >= 11 is 0. The summed E-state index contributed by atoms with van der Waals surface area (Å²) in [6, 6.07) is 22.4. The van der Waals surface area contributed by atoms with E-state index in [1.165, 1.54) is 12.8 Å². The minimum Gasteiger partial charge on any atom is -0.493 e. The second-order valence-corrected chi connectivity index (χ2v) is 7.75. The zero-order valence-corrected chi connectivity index (χ0v) is 17.5. The number of ether oxygens (including phenoxy) is 3. The molecule has 1 atom stereocenters. The van der Waals surface area contributed by atoms with Crippen LogP contribution in [0.2, 0.25) is 0 Å². The number of rotatable bonds is 9. The van der Waals surface area contributed by atoms with Crippen LogP contribution in [0.5, 0.6) is 11.5 Å². The highest BCUT2D eigenvalue weighted by molar-refractivity contribution is 5.44. The smallest absolute Gasteiger partial charge is 0.161 e. The molecule has 1 aliphatic rings. The number of methoxy groups -OCH3 is 1. The first kappa shape index (κ1) is 20.4. The van der Waals surface area contributed by atoms with Crippen LogP contribution in [0.4, 0.5) is 0 Å². The molecule has 4 heteroatoms. The van der Waals surface area contributed by atoms with Gasteiger partial charge in [-0.1, -0.05) is 42.5 Å². The van der Waals surface area contributed by atoms with E-state index in [0.29, 0.717) is 13.0 Å². The molecule has 0 bridgehead atoms. The molecule has 1 unspecified atom stereocenters. The lowest BCUT2D eigenvalue weighted by atomic mass is 10.0. The molecule has 2 aromatic carbocycles.